The van der Waals surface area contributed by atoms with Gasteiger partial charge in [-0.15, -0.1) is 12.4 Å². The summed E-state index contributed by atoms with van der Waals surface area (Å²) in [5.41, 5.74) is 5.75. The molecule has 2 rings (SSSR count). The van der Waals surface area contributed by atoms with Crippen LogP contribution in [0.5, 0.6) is 0 Å². The molecule has 1 aliphatic rings. The molecule has 124 valence electrons. The first kappa shape index (κ1) is 19.4. The fraction of sp³-hybridized carbons (Fsp3) is 0.533. The number of benzene rings is 1. The molecular formula is C15H21BrClFN2O2. The molecule has 1 saturated heterocycles. The Bertz CT molecular complexity index is 524. The predicted octanol–water partition coefficient (Wildman–Crippen LogP) is 2.72. The van der Waals surface area contributed by atoms with E-state index < -0.39 is 5.41 Å². The predicted molar refractivity (Wildman–Crippen MR) is 89.4 cm³/mol. The van der Waals surface area contributed by atoms with E-state index in [0.29, 0.717) is 38.2 Å². The lowest BCUT2D eigenvalue weighted by Crippen LogP contribution is -2.49. The van der Waals surface area contributed by atoms with Gasteiger partial charge in [0.15, 0.2) is 0 Å². The van der Waals surface area contributed by atoms with E-state index in [1.807, 2.05) is 0 Å². The lowest BCUT2D eigenvalue weighted by Gasteiger charge is -2.37. The molecule has 1 aliphatic heterocycles. The van der Waals surface area contributed by atoms with Crippen molar-refractivity contribution in [3.8, 4) is 0 Å². The number of carbonyl (C=O) groups excluding carboxylic acids is 1. The maximum absolute atomic E-state index is 13.8. The summed E-state index contributed by atoms with van der Waals surface area (Å²) < 4.78 is 19.9. The molecule has 7 heteroatoms. The molecule has 1 aromatic carbocycles. The molecule has 0 aliphatic carbocycles. The minimum atomic E-state index is -0.574. The Morgan fingerprint density at radius 3 is 2.68 bits per heavy atom. The number of hydrogen-bond donors (Lipinski definition) is 1. The minimum absolute atomic E-state index is 0. The van der Waals surface area contributed by atoms with E-state index in [-0.39, 0.29) is 30.7 Å². The van der Waals surface area contributed by atoms with Crippen LogP contribution in [0.3, 0.4) is 0 Å². The van der Waals surface area contributed by atoms with E-state index in [2.05, 4.69) is 15.9 Å². The zero-order valence-electron chi connectivity index (χ0n) is 12.5. The Kier molecular flexibility index (Phi) is 7.25. The summed E-state index contributed by atoms with van der Waals surface area (Å²) in [5, 5.41) is 0. The first-order valence-corrected chi connectivity index (χ1v) is 7.75. The molecule has 4 nitrogen and oxygen atoms in total. The van der Waals surface area contributed by atoms with Gasteiger partial charge in [0.1, 0.15) is 5.82 Å². The highest BCUT2D eigenvalue weighted by molar-refractivity contribution is 9.10. The zero-order chi connectivity index (χ0) is 15.5. The number of nitrogens with two attached hydrogens (primary N) is 1. The molecule has 0 saturated carbocycles. The van der Waals surface area contributed by atoms with Gasteiger partial charge in [-0.1, -0.05) is 15.9 Å². The normalized spacial score (nSPS) is 16.7. The van der Waals surface area contributed by atoms with Crippen molar-refractivity contribution in [2.75, 3.05) is 26.8 Å². The Labute approximate surface area is 144 Å². The topological polar surface area (TPSA) is 55.6 Å². The van der Waals surface area contributed by atoms with Crippen molar-refractivity contribution in [2.45, 2.75) is 19.4 Å². The van der Waals surface area contributed by atoms with Crippen molar-refractivity contribution in [2.24, 2.45) is 11.1 Å². The van der Waals surface area contributed by atoms with E-state index in [1.165, 1.54) is 6.07 Å². The van der Waals surface area contributed by atoms with Crippen LogP contribution in [0.2, 0.25) is 0 Å². The van der Waals surface area contributed by atoms with E-state index in [0.717, 1.165) is 4.47 Å². The Balaban J connectivity index is 0.00000242. The summed E-state index contributed by atoms with van der Waals surface area (Å²) in [6.07, 6.45) is 1.24. The van der Waals surface area contributed by atoms with Crippen molar-refractivity contribution in [1.82, 2.24) is 4.90 Å². The monoisotopic (exact) mass is 394 g/mol. The quantitative estimate of drug-likeness (QED) is 0.853. The molecule has 2 N–H and O–H groups in total. The van der Waals surface area contributed by atoms with Gasteiger partial charge in [-0.05, 0) is 31.0 Å². The van der Waals surface area contributed by atoms with Gasteiger partial charge in [-0.2, -0.15) is 0 Å². The highest BCUT2D eigenvalue weighted by atomic mass is 79.9. The smallest absolute Gasteiger partial charge is 0.230 e. The Morgan fingerprint density at radius 2 is 2.09 bits per heavy atom. The van der Waals surface area contributed by atoms with Gasteiger partial charge < -0.3 is 15.4 Å². The average Bonchev–Trinajstić information content (AvgIpc) is 2.50. The van der Waals surface area contributed by atoms with Crippen molar-refractivity contribution in [1.29, 1.82) is 0 Å². The molecule has 1 fully saturated rings. The third kappa shape index (κ3) is 4.19. The molecule has 1 amide bonds. The fourth-order valence-electron chi connectivity index (χ4n) is 2.66. The number of halogens is 3. The largest absolute Gasteiger partial charge is 0.381 e. The third-order valence-electron chi connectivity index (χ3n) is 4.06. The maximum Gasteiger partial charge on any atom is 0.230 e. The molecular weight excluding hydrogens is 375 g/mol. The molecule has 0 bridgehead atoms. The van der Waals surface area contributed by atoms with Crippen LogP contribution in [0.25, 0.3) is 0 Å². The van der Waals surface area contributed by atoms with Crippen LogP contribution >= 0.6 is 28.3 Å². The van der Waals surface area contributed by atoms with Gasteiger partial charge in [0.25, 0.3) is 0 Å². The number of ether oxygens (including phenoxy) is 1. The van der Waals surface area contributed by atoms with Crippen LogP contribution in [-0.2, 0) is 16.1 Å². The highest BCUT2D eigenvalue weighted by Crippen LogP contribution is 2.32. The summed E-state index contributed by atoms with van der Waals surface area (Å²) in [5.74, 6) is -0.348. The number of amides is 1. The molecule has 1 heterocycles. The summed E-state index contributed by atoms with van der Waals surface area (Å²) in [6.45, 7) is 1.61. The summed E-state index contributed by atoms with van der Waals surface area (Å²) in [4.78, 5) is 14.3. The van der Waals surface area contributed by atoms with Crippen molar-refractivity contribution in [3.05, 3.63) is 34.1 Å². The van der Waals surface area contributed by atoms with E-state index in [9.17, 15) is 9.18 Å². The molecule has 0 aromatic heterocycles. The first-order chi connectivity index (χ1) is 9.98. The van der Waals surface area contributed by atoms with Gasteiger partial charge in [0.05, 0.1) is 5.41 Å². The van der Waals surface area contributed by atoms with Crippen LogP contribution in [0, 0.1) is 11.2 Å². The fourth-order valence-corrected chi connectivity index (χ4v) is 3.07. The second-order valence-corrected chi connectivity index (χ2v) is 6.41. The maximum atomic E-state index is 13.8. The SMILES string of the molecule is CN(Cc1cc(Br)ccc1F)C(=O)C1(CN)CCOCC1.Cl. The number of hydrogen-bond acceptors (Lipinski definition) is 3. The van der Waals surface area contributed by atoms with Crippen molar-refractivity contribution in [3.63, 3.8) is 0 Å². The lowest BCUT2D eigenvalue weighted by atomic mass is 9.79. The Morgan fingerprint density at radius 1 is 1.45 bits per heavy atom. The lowest BCUT2D eigenvalue weighted by molar-refractivity contribution is -0.146. The van der Waals surface area contributed by atoms with Crippen molar-refractivity contribution < 1.29 is 13.9 Å². The van der Waals surface area contributed by atoms with Gasteiger partial charge in [0.2, 0.25) is 5.91 Å². The highest BCUT2D eigenvalue weighted by Gasteiger charge is 2.40. The Hall–Kier alpha value is -0.690. The number of rotatable bonds is 4. The minimum Gasteiger partial charge on any atom is -0.381 e. The standard InChI is InChI=1S/C15H20BrFN2O2.ClH/c1-19(9-11-8-12(16)2-3-13(11)17)14(20)15(10-18)4-6-21-7-5-15;/h2-3,8H,4-7,9-10,18H2,1H3;1H. The van der Waals surface area contributed by atoms with Gasteiger partial charge >= 0.3 is 0 Å². The van der Waals surface area contributed by atoms with Gasteiger partial charge in [-0.3, -0.25) is 4.79 Å². The molecule has 0 unspecified atom stereocenters. The van der Waals surface area contributed by atoms with Crippen molar-refractivity contribution >= 4 is 34.2 Å². The molecule has 0 spiro atoms. The summed E-state index contributed by atoms with van der Waals surface area (Å²) in [7, 11) is 1.69. The van der Waals surface area contributed by atoms with Crippen LogP contribution < -0.4 is 5.73 Å². The van der Waals surface area contributed by atoms with Crippen LogP contribution in [0.15, 0.2) is 22.7 Å². The summed E-state index contributed by atoms with van der Waals surface area (Å²) in [6, 6.07) is 4.73. The van der Waals surface area contributed by atoms with E-state index in [4.69, 9.17) is 10.5 Å². The second kappa shape index (κ2) is 8.24. The zero-order valence-corrected chi connectivity index (χ0v) is 14.9. The van der Waals surface area contributed by atoms with Gasteiger partial charge in [0, 0.05) is 43.4 Å². The average molecular weight is 396 g/mol. The first-order valence-electron chi connectivity index (χ1n) is 6.96. The second-order valence-electron chi connectivity index (χ2n) is 5.49. The molecule has 0 atom stereocenters. The van der Waals surface area contributed by atoms with Gasteiger partial charge in [-0.25, -0.2) is 4.39 Å². The van der Waals surface area contributed by atoms with Crippen LogP contribution in [0.4, 0.5) is 4.39 Å². The molecule has 0 radical (unpaired) electrons. The summed E-state index contributed by atoms with van der Waals surface area (Å²) >= 11 is 3.32. The van der Waals surface area contributed by atoms with Crippen LogP contribution in [0.1, 0.15) is 18.4 Å². The number of nitrogens with zero attached hydrogens (tertiary/aromatic N) is 1. The van der Waals surface area contributed by atoms with E-state index >= 15 is 0 Å². The third-order valence-corrected chi connectivity index (χ3v) is 4.55. The van der Waals surface area contributed by atoms with E-state index in [1.54, 1.807) is 24.1 Å². The van der Waals surface area contributed by atoms with Crippen LogP contribution in [-0.4, -0.2) is 37.6 Å². The molecule has 22 heavy (non-hydrogen) atoms. The number of carbonyl (C=O) groups is 1. The molecule has 1 aromatic rings.